The Kier molecular flexibility index (Phi) is 3.39. The average molecular weight is 248 g/mol. The van der Waals surface area contributed by atoms with Gasteiger partial charge in [0.2, 0.25) is 0 Å². The highest BCUT2D eigenvalue weighted by Gasteiger charge is 2.34. The molecule has 4 heteroatoms. The normalized spacial score (nSPS) is 28.6. The molecule has 3 heterocycles. The highest BCUT2D eigenvalue weighted by atomic mass is 15.3. The molecule has 2 unspecified atom stereocenters. The zero-order chi connectivity index (χ0) is 12.5. The predicted octanol–water partition coefficient (Wildman–Crippen LogP) is 1.17. The lowest BCUT2D eigenvalue weighted by Gasteiger charge is -2.36. The van der Waals surface area contributed by atoms with Gasteiger partial charge in [-0.15, -0.1) is 0 Å². The zero-order valence-corrected chi connectivity index (χ0v) is 11.5. The second kappa shape index (κ2) is 5.02. The van der Waals surface area contributed by atoms with E-state index in [1.807, 2.05) is 0 Å². The van der Waals surface area contributed by atoms with E-state index in [1.54, 1.807) is 0 Å². The number of nitrogens with one attached hydrogen (secondary N) is 1. The summed E-state index contributed by atoms with van der Waals surface area (Å²) in [7, 11) is 2.07. The number of nitrogens with zero attached hydrogens (tertiary/aromatic N) is 3. The first-order valence-corrected chi connectivity index (χ1v) is 7.24. The second-order valence-electron chi connectivity index (χ2n) is 5.70. The third kappa shape index (κ3) is 2.19. The molecule has 1 aromatic rings. The van der Waals surface area contributed by atoms with Crippen molar-refractivity contribution in [3.05, 3.63) is 17.5 Å². The van der Waals surface area contributed by atoms with E-state index in [9.17, 15) is 0 Å². The summed E-state index contributed by atoms with van der Waals surface area (Å²) in [6, 6.07) is 3.02. The van der Waals surface area contributed by atoms with Gasteiger partial charge in [0.25, 0.3) is 0 Å². The van der Waals surface area contributed by atoms with Crippen LogP contribution < -0.4 is 5.32 Å². The highest BCUT2D eigenvalue weighted by molar-refractivity contribution is 5.11. The molecule has 2 aliphatic heterocycles. The van der Waals surface area contributed by atoms with E-state index in [-0.39, 0.29) is 0 Å². The smallest absolute Gasteiger partial charge is 0.0625 e. The number of hydrogen-bond donors (Lipinski definition) is 1. The van der Waals surface area contributed by atoms with Crippen LogP contribution in [0.2, 0.25) is 0 Å². The van der Waals surface area contributed by atoms with Gasteiger partial charge in [-0.05, 0) is 44.3 Å². The third-order valence-corrected chi connectivity index (χ3v) is 4.55. The molecule has 0 bridgehead atoms. The van der Waals surface area contributed by atoms with Crippen molar-refractivity contribution < 1.29 is 0 Å². The Morgan fingerprint density at radius 2 is 2.33 bits per heavy atom. The van der Waals surface area contributed by atoms with E-state index < -0.39 is 0 Å². The van der Waals surface area contributed by atoms with Crippen LogP contribution in [0.5, 0.6) is 0 Å². The quantitative estimate of drug-likeness (QED) is 0.871. The van der Waals surface area contributed by atoms with Crippen LogP contribution >= 0.6 is 0 Å². The molecule has 2 atom stereocenters. The minimum Gasteiger partial charge on any atom is -0.315 e. The summed E-state index contributed by atoms with van der Waals surface area (Å²) in [4.78, 5) is 2.66. The molecule has 18 heavy (non-hydrogen) atoms. The first-order chi connectivity index (χ1) is 8.78. The van der Waals surface area contributed by atoms with Gasteiger partial charge >= 0.3 is 0 Å². The van der Waals surface area contributed by atoms with Gasteiger partial charge in [0.05, 0.1) is 11.4 Å². The van der Waals surface area contributed by atoms with Crippen molar-refractivity contribution in [2.45, 2.75) is 38.8 Å². The fraction of sp³-hybridized carbons (Fsp3) is 0.786. The van der Waals surface area contributed by atoms with E-state index in [4.69, 9.17) is 0 Å². The van der Waals surface area contributed by atoms with Gasteiger partial charge in [0, 0.05) is 26.2 Å². The van der Waals surface area contributed by atoms with Gasteiger partial charge in [-0.3, -0.25) is 9.58 Å². The van der Waals surface area contributed by atoms with Crippen LogP contribution in [-0.4, -0.2) is 40.4 Å². The van der Waals surface area contributed by atoms with E-state index in [1.165, 1.54) is 43.9 Å². The van der Waals surface area contributed by atoms with Crippen LogP contribution in [0.3, 0.4) is 0 Å². The van der Waals surface area contributed by atoms with Crippen LogP contribution in [0.15, 0.2) is 6.07 Å². The molecule has 2 aliphatic rings. The number of aromatic nitrogens is 2. The maximum Gasteiger partial charge on any atom is 0.0625 e. The van der Waals surface area contributed by atoms with E-state index in [0.717, 1.165) is 24.9 Å². The number of rotatable bonds is 3. The summed E-state index contributed by atoms with van der Waals surface area (Å²) in [5.41, 5.74) is 2.57. The third-order valence-electron chi connectivity index (χ3n) is 4.55. The van der Waals surface area contributed by atoms with Crippen LogP contribution in [-0.2, 0) is 20.0 Å². The van der Waals surface area contributed by atoms with Crippen molar-refractivity contribution in [3.63, 3.8) is 0 Å². The molecule has 100 valence electrons. The van der Waals surface area contributed by atoms with Gasteiger partial charge in [-0.25, -0.2) is 0 Å². The van der Waals surface area contributed by atoms with Gasteiger partial charge in [-0.2, -0.15) is 5.10 Å². The van der Waals surface area contributed by atoms with Crippen LogP contribution in [0.1, 0.15) is 31.2 Å². The summed E-state index contributed by atoms with van der Waals surface area (Å²) < 4.78 is 2.06. The van der Waals surface area contributed by atoms with Crippen LogP contribution in [0, 0.1) is 5.92 Å². The summed E-state index contributed by atoms with van der Waals surface area (Å²) in [5, 5.41) is 8.10. The monoisotopic (exact) mass is 248 g/mol. The zero-order valence-electron chi connectivity index (χ0n) is 11.5. The summed E-state index contributed by atoms with van der Waals surface area (Å²) in [6.45, 7) is 6.86. The molecule has 3 rings (SSSR count). The van der Waals surface area contributed by atoms with Gasteiger partial charge in [-0.1, -0.05) is 6.92 Å². The lowest BCUT2D eigenvalue weighted by molar-refractivity contribution is 0.114. The number of likely N-dealkylation sites (tertiary alicyclic amines) is 1. The maximum absolute atomic E-state index is 4.55. The first kappa shape index (κ1) is 12.2. The van der Waals surface area contributed by atoms with Crippen molar-refractivity contribution in [1.29, 1.82) is 0 Å². The van der Waals surface area contributed by atoms with Crippen LogP contribution in [0.25, 0.3) is 0 Å². The SMILES string of the molecule is CCc1cc(CN2CCCC3CNCC32)n(C)n1. The fourth-order valence-corrected chi connectivity index (χ4v) is 3.46. The molecule has 0 amide bonds. The molecule has 0 radical (unpaired) electrons. The Hall–Kier alpha value is -0.870. The molecule has 0 saturated carbocycles. The molecular weight excluding hydrogens is 224 g/mol. The number of fused-ring (bicyclic) bond motifs is 1. The molecule has 0 aliphatic carbocycles. The maximum atomic E-state index is 4.55. The molecular formula is C14H24N4. The van der Waals surface area contributed by atoms with Crippen molar-refractivity contribution in [1.82, 2.24) is 20.0 Å². The van der Waals surface area contributed by atoms with Crippen molar-refractivity contribution in [2.24, 2.45) is 13.0 Å². The average Bonchev–Trinajstić information content (AvgIpc) is 2.97. The summed E-state index contributed by atoms with van der Waals surface area (Å²) in [5.74, 6) is 0.873. The Bertz CT molecular complexity index is 412. The summed E-state index contributed by atoms with van der Waals surface area (Å²) >= 11 is 0. The Morgan fingerprint density at radius 1 is 1.44 bits per heavy atom. The van der Waals surface area contributed by atoms with Gasteiger partial charge in [0.15, 0.2) is 0 Å². The van der Waals surface area contributed by atoms with Crippen LogP contribution in [0.4, 0.5) is 0 Å². The summed E-state index contributed by atoms with van der Waals surface area (Å²) in [6.07, 6.45) is 3.78. The lowest BCUT2D eigenvalue weighted by Crippen LogP contribution is -2.44. The van der Waals surface area contributed by atoms with Crippen molar-refractivity contribution >= 4 is 0 Å². The van der Waals surface area contributed by atoms with Gasteiger partial charge in [0.1, 0.15) is 0 Å². The van der Waals surface area contributed by atoms with E-state index >= 15 is 0 Å². The molecule has 0 spiro atoms. The molecule has 1 N–H and O–H groups in total. The van der Waals surface area contributed by atoms with E-state index in [0.29, 0.717) is 0 Å². The number of hydrogen-bond acceptors (Lipinski definition) is 3. The lowest BCUT2D eigenvalue weighted by atomic mass is 9.92. The Labute approximate surface area is 109 Å². The first-order valence-electron chi connectivity index (χ1n) is 7.24. The predicted molar refractivity (Wildman–Crippen MR) is 72.4 cm³/mol. The molecule has 1 aromatic heterocycles. The Balaban J connectivity index is 1.72. The highest BCUT2D eigenvalue weighted by Crippen LogP contribution is 2.27. The second-order valence-corrected chi connectivity index (χ2v) is 5.70. The number of aryl methyl sites for hydroxylation is 2. The number of piperidine rings is 1. The molecule has 2 fully saturated rings. The minimum atomic E-state index is 0.749. The topological polar surface area (TPSA) is 33.1 Å². The van der Waals surface area contributed by atoms with Gasteiger partial charge < -0.3 is 5.32 Å². The van der Waals surface area contributed by atoms with E-state index in [2.05, 4.69) is 40.0 Å². The van der Waals surface area contributed by atoms with Crippen molar-refractivity contribution in [2.75, 3.05) is 19.6 Å². The Morgan fingerprint density at radius 3 is 3.11 bits per heavy atom. The molecule has 2 saturated heterocycles. The van der Waals surface area contributed by atoms with Crippen molar-refractivity contribution in [3.8, 4) is 0 Å². The largest absolute Gasteiger partial charge is 0.315 e. The molecule has 4 nitrogen and oxygen atoms in total. The fourth-order valence-electron chi connectivity index (χ4n) is 3.46. The standard InChI is InChI=1S/C14H24N4/c1-3-12-7-13(17(2)16-12)10-18-6-4-5-11-8-15-9-14(11)18/h7,11,14-15H,3-6,8-10H2,1-2H3. The minimum absolute atomic E-state index is 0.749. The molecule has 0 aromatic carbocycles.